The molecule has 1 N–H and O–H groups in total. The van der Waals surface area contributed by atoms with Crippen LogP contribution < -0.4 is 5.32 Å². The van der Waals surface area contributed by atoms with Gasteiger partial charge in [-0.2, -0.15) is 0 Å². The number of aryl methyl sites for hydroxylation is 2. The van der Waals surface area contributed by atoms with Gasteiger partial charge in [0.25, 0.3) is 0 Å². The number of benzene rings is 3. The summed E-state index contributed by atoms with van der Waals surface area (Å²) in [5.74, 6) is -1.82. The molecule has 3 fully saturated rings. The molecule has 13 heteroatoms. The van der Waals surface area contributed by atoms with E-state index in [1.807, 2.05) is 73.3 Å². The smallest absolute Gasteiger partial charge is 0.410 e. The van der Waals surface area contributed by atoms with Crippen molar-refractivity contribution in [1.82, 2.24) is 29.5 Å². The van der Waals surface area contributed by atoms with Crippen molar-refractivity contribution in [3.8, 4) is 0 Å². The largest absolute Gasteiger partial charge is 0.445 e. The second-order valence-corrected chi connectivity index (χ2v) is 18.4. The van der Waals surface area contributed by atoms with Crippen molar-refractivity contribution in [1.29, 1.82) is 0 Å². The first-order chi connectivity index (χ1) is 29.6. The maximum atomic E-state index is 15.3. The lowest BCUT2D eigenvalue weighted by Crippen LogP contribution is -2.62. The monoisotopic (exact) mass is 846 g/mol. The van der Waals surface area contributed by atoms with E-state index < -0.39 is 41.7 Å². The Morgan fingerprint density at radius 1 is 0.823 bits per heavy atom. The lowest BCUT2D eigenvalue weighted by molar-refractivity contribution is -0.152. The number of carbonyl (C=O) groups excluding carboxylic acids is 5. The predicted octanol–water partition coefficient (Wildman–Crippen LogP) is 6.84. The molecular weight excluding hydrogens is 785 g/mol. The fraction of sp³-hybridized carbons (Fsp3) is 0.490. The second-order valence-electron chi connectivity index (χ2n) is 18.4. The van der Waals surface area contributed by atoms with Crippen LogP contribution in [0.5, 0.6) is 0 Å². The number of rotatable bonds is 10. The zero-order chi connectivity index (χ0) is 44.1. The number of amides is 5. The number of aromatic nitrogens is 1. The highest BCUT2D eigenvalue weighted by molar-refractivity contribution is 5.96. The minimum atomic E-state index is -1.17. The molecule has 0 unspecified atom stereocenters. The van der Waals surface area contributed by atoms with Crippen molar-refractivity contribution in [2.24, 2.45) is 18.9 Å². The Labute approximate surface area is 365 Å². The molecule has 330 valence electrons. The highest BCUT2D eigenvalue weighted by Gasteiger charge is 2.51. The molecule has 1 aromatic heterocycles. The number of ether oxygens (including phenoxy) is 2. The fourth-order valence-electron chi connectivity index (χ4n) is 9.31. The summed E-state index contributed by atoms with van der Waals surface area (Å²) in [5.41, 5.74) is 4.36. The zero-order valence-corrected chi connectivity index (χ0v) is 37.0. The van der Waals surface area contributed by atoms with Gasteiger partial charge in [-0.05, 0) is 112 Å². The average molecular weight is 847 g/mol. The van der Waals surface area contributed by atoms with Crippen LogP contribution in [0.4, 0.5) is 9.59 Å². The van der Waals surface area contributed by atoms with Crippen molar-refractivity contribution in [3.63, 3.8) is 0 Å². The van der Waals surface area contributed by atoms with Crippen molar-refractivity contribution >= 4 is 40.8 Å². The van der Waals surface area contributed by atoms with Crippen LogP contribution in [0.2, 0.25) is 0 Å². The standard InChI is InChI=1S/C49H62N6O7/c1-33-14-16-34(17-15-33)27-37-29-42(44(56)50-30-36-18-19-41-38(28-36)20-24-51(41)5)55(31-37)46(58)43-40(13-10-23-54(43)48(60)62-49(2,3)4)45(57)52(6)39-21-25-53(26-22-39)47(59)61-32-35-11-8-7-9-12-35/h7-9,11-12,14-20,24,28,37,39-40,42-43H,10,13,21-23,25-27,29-32H2,1-6H3,(H,50,56)/t37-,40+,42+,43-/m1/s1. The Balaban J connectivity index is 1.10. The summed E-state index contributed by atoms with van der Waals surface area (Å²) in [4.78, 5) is 77.8. The van der Waals surface area contributed by atoms with Gasteiger partial charge < -0.3 is 34.1 Å². The molecule has 0 radical (unpaired) electrons. The third kappa shape index (κ3) is 10.4. The molecule has 0 spiro atoms. The van der Waals surface area contributed by atoms with Crippen molar-refractivity contribution in [2.45, 2.75) is 103 Å². The van der Waals surface area contributed by atoms with E-state index in [0.29, 0.717) is 58.2 Å². The fourth-order valence-corrected chi connectivity index (χ4v) is 9.31. The number of carbonyl (C=O) groups is 5. The quantitative estimate of drug-likeness (QED) is 0.185. The topological polar surface area (TPSA) is 134 Å². The number of nitrogens with one attached hydrogen (secondary N) is 1. The van der Waals surface area contributed by atoms with Gasteiger partial charge in [0.05, 0.1) is 5.92 Å². The normalized spacial score (nSPS) is 20.8. The maximum Gasteiger partial charge on any atom is 0.410 e. The van der Waals surface area contributed by atoms with Crippen LogP contribution in [0.15, 0.2) is 85.1 Å². The molecule has 4 aromatic rings. The number of nitrogens with zero attached hydrogens (tertiary/aromatic N) is 5. The van der Waals surface area contributed by atoms with E-state index in [1.165, 1.54) is 4.90 Å². The van der Waals surface area contributed by atoms with Crippen LogP contribution in [0.1, 0.15) is 75.1 Å². The molecule has 3 saturated heterocycles. The minimum Gasteiger partial charge on any atom is -0.445 e. The van der Waals surface area contributed by atoms with Crippen LogP contribution in [0.3, 0.4) is 0 Å². The van der Waals surface area contributed by atoms with Gasteiger partial charge in [0, 0.05) is 64.6 Å². The number of piperidine rings is 2. The highest BCUT2D eigenvalue weighted by Crippen LogP contribution is 2.35. The van der Waals surface area contributed by atoms with E-state index >= 15 is 4.79 Å². The summed E-state index contributed by atoms with van der Waals surface area (Å²) < 4.78 is 13.5. The number of hydrogen-bond donors (Lipinski definition) is 1. The Hall–Kier alpha value is -5.85. The van der Waals surface area contributed by atoms with E-state index in [9.17, 15) is 19.2 Å². The van der Waals surface area contributed by atoms with Crippen LogP contribution in [0, 0.1) is 18.8 Å². The molecule has 4 atom stereocenters. The average Bonchev–Trinajstić information content (AvgIpc) is 3.87. The summed E-state index contributed by atoms with van der Waals surface area (Å²) in [6.45, 7) is 9.20. The Kier molecular flexibility index (Phi) is 13.6. The molecule has 13 nitrogen and oxygen atoms in total. The molecule has 5 amide bonds. The molecular formula is C49H62N6O7. The SMILES string of the molecule is Cc1ccc(C[C@@H]2C[C@@H](C(=O)NCc3ccc4c(ccn4C)c3)N(C(=O)[C@H]3[C@@H](C(=O)N(C)C4CCN(C(=O)OCc5ccccc5)CC4)CCCN3C(=O)OC(C)(C)C)C2)cc1. The minimum absolute atomic E-state index is 0.0296. The van der Waals surface area contributed by atoms with Crippen molar-refractivity contribution in [3.05, 3.63) is 107 Å². The van der Waals surface area contributed by atoms with Crippen LogP contribution in [-0.4, -0.2) is 111 Å². The summed E-state index contributed by atoms with van der Waals surface area (Å²) in [5, 5.41) is 4.19. The van der Waals surface area contributed by atoms with Crippen LogP contribution >= 0.6 is 0 Å². The van der Waals surface area contributed by atoms with Gasteiger partial charge in [-0.25, -0.2) is 9.59 Å². The van der Waals surface area contributed by atoms with E-state index in [0.717, 1.165) is 33.2 Å². The first kappa shape index (κ1) is 44.2. The van der Waals surface area contributed by atoms with Gasteiger partial charge in [0.2, 0.25) is 17.7 Å². The number of fused-ring (bicyclic) bond motifs is 1. The third-order valence-corrected chi connectivity index (χ3v) is 12.7. The molecule has 0 bridgehead atoms. The van der Waals surface area contributed by atoms with E-state index in [2.05, 4.69) is 35.6 Å². The summed E-state index contributed by atoms with van der Waals surface area (Å²) in [6, 6.07) is 23.8. The number of likely N-dealkylation sites (tertiary alicyclic amines) is 3. The number of hydrogen-bond acceptors (Lipinski definition) is 7. The van der Waals surface area contributed by atoms with Gasteiger partial charge in [-0.3, -0.25) is 19.3 Å². The van der Waals surface area contributed by atoms with E-state index in [1.54, 1.807) is 42.5 Å². The molecule has 0 saturated carbocycles. The summed E-state index contributed by atoms with van der Waals surface area (Å²) >= 11 is 0. The second kappa shape index (κ2) is 19.0. The molecule has 62 heavy (non-hydrogen) atoms. The summed E-state index contributed by atoms with van der Waals surface area (Å²) in [7, 11) is 3.74. The lowest BCUT2D eigenvalue weighted by atomic mass is 9.86. The Morgan fingerprint density at radius 2 is 1.53 bits per heavy atom. The molecule has 3 aromatic carbocycles. The van der Waals surface area contributed by atoms with Crippen LogP contribution in [0.25, 0.3) is 10.9 Å². The molecule has 3 aliphatic rings. The van der Waals surface area contributed by atoms with Gasteiger partial charge in [0.1, 0.15) is 24.3 Å². The molecule has 0 aliphatic carbocycles. The lowest BCUT2D eigenvalue weighted by Gasteiger charge is -2.44. The van der Waals surface area contributed by atoms with Crippen LogP contribution in [-0.2, 0) is 50.5 Å². The van der Waals surface area contributed by atoms with Gasteiger partial charge in [-0.15, -0.1) is 0 Å². The molecule has 3 aliphatic heterocycles. The third-order valence-electron chi connectivity index (χ3n) is 12.7. The molecule has 4 heterocycles. The predicted molar refractivity (Wildman–Crippen MR) is 237 cm³/mol. The maximum absolute atomic E-state index is 15.3. The van der Waals surface area contributed by atoms with E-state index in [-0.39, 0.29) is 43.5 Å². The zero-order valence-electron chi connectivity index (χ0n) is 37.0. The molecule has 7 rings (SSSR count). The first-order valence-electron chi connectivity index (χ1n) is 22.0. The van der Waals surface area contributed by atoms with Crippen molar-refractivity contribution in [2.75, 3.05) is 33.2 Å². The Morgan fingerprint density at radius 3 is 2.24 bits per heavy atom. The van der Waals surface area contributed by atoms with Gasteiger partial charge in [-0.1, -0.05) is 66.2 Å². The Bertz CT molecular complexity index is 2230. The summed E-state index contributed by atoms with van der Waals surface area (Å²) in [6.07, 6.45) is 4.02. The first-order valence-corrected chi connectivity index (χ1v) is 22.0. The highest BCUT2D eigenvalue weighted by atomic mass is 16.6. The van der Waals surface area contributed by atoms with Crippen molar-refractivity contribution < 1.29 is 33.4 Å². The van der Waals surface area contributed by atoms with E-state index in [4.69, 9.17) is 9.47 Å². The van der Waals surface area contributed by atoms with Gasteiger partial charge >= 0.3 is 12.2 Å². The van der Waals surface area contributed by atoms with Gasteiger partial charge in [0.15, 0.2) is 0 Å².